The van der Waals surface area contributed by atoms with E-state index in [9.17, 15) is 5.11 Å². The number of nitrogens with zero attached hydrogens (tertiary/aromatic N) is 8. The average Bonchev–Trinajstić information content (AvgIpc) is 3.70. The molecule has 10 heteroatoms. The number of imidazole rings is 2. The lowest BCUT2D eigenvalue weighted by Gasteiger charge is -2.47. The van der Waals surface area contributed by atoms with E-state index in [0.717, 1.165) is 44.1 Å². The zero-order chi connectivity index (χ0) is 34.4. The number of fused-ring (bicyclic) bond motifs is 2. The van der Waals surface area contributed by atoms with Crippen molar-refractivity contribution in [3.05, 3.63) is 131 Å². The standard InChI is InChI=1S/C24H23N5O.C17H14BrN3/c1-24(2,30)23-25-12-17(13-26-23)18-8-9-19-22(27-18)29-20(14-6-4-3-5-7-14)15-10-16(11-15)21(29)28-19;18-14-7-6-13-17(20-14)21-15(10-4-2-1-3-5-10)11-8-12(9-11)16(21)19-13/h3-9,12-13,15-16,20,30H,10-11H2,1-2H3;1-7,11-12,15H,8-9H2. The van der Waals surface area contributed by atoms with Gasteiger partial charge in [0.15, 0.2) is 17.1 Å². The van der Waals surface area contributed by atoms with Crippen LogP contribution in [0, 0.1) is 11.8 Å². The third-order valence-corrected chi connectivity index (χ3v) is 11.8. The number of halogens is 1. The summed E-state index contributed by atoms with van der Waals surface area (Å²) in [5.74, 6) is 5.33. The van der Waals surface area contributed by atoms with Crippen molar-refractivity contribution >= 4 is 38.3 Å². The van der Waals surface area contributed by atoms with Crippen LogP contribution in [0.15, 0.2) is 102 Å². The van der Waals surface area contributed by atoms with Gasteiger partial charge < -0.3 is 14.2 Å². The van der Waals surface area contributed by atoms with E-state index in [-0.39, 0.29) is 6.04 Å². The van der Waals surface area contributed by atoms with E-state index in [0.29, 0.717) is 29.6 Å². The highest BCUT2D eigenvalue weighted by atomic mass is 79.9. The third-order valence-electron chi connectivity index (χ3n) is 11.4. The van der Waals surface area contributed by atoms with E-state index in [2.05, 4.69) is 102 Å². The first-order valence-electron chi connectivity index (χ1n) is 17.9. The normalized spacial score (nSPS) is 24.2. The summed E-state index contributed by atoms with van der Waals surface area (Å²) < 4.78 is 5.63. The van der Waals surface area contributed by atoms with Gasteiger partial charge in [-0.05, 0) is 103 Å². The minimum Gasteiger partial charge on any atom is -0.382 e. The van der Waals surface area contributed by atoms with Crippen molar-refractivity contribution in [1.29, 1.82) is 0 Å². The first kappa shape index (κ1) is 31.0. The van der Waals surface area contributed by atoms with Crippen LogP contribution in [0.5, 0.6) is 0 Å². The van der Waals surface area contributed by atoms with E-state index >= 15 is 0 Å². The van der Waals surface area contributed by atoms with Crippen molar-refractivity contribution in [2.24, 2.45) is 11.8 Å². The monoisotopic (exact) mass is 736 g/mol. The topological polar surface area (TPSA) is 107 Å². The van der Waals surface area contributed by atoms with Crippen LogP contribution in [-0.4, -0.2) is 44.1 Å². The van der Waals surface area contributed by atoms with Crippen LogP contribution < -0.4 is 0 Å². The lowest BCUT2D eigenvalue weighted by atomic mass is 9.66. The molecule has 4 bridgehead atoms. The molecule has 4 aliphatic heterocycles. The number of pyridine rings is 2. The lowest BCUT2D eigenvalue weighted by molar-refractivity contribution is 0.0687. The zero-order valence-electron chi connectivity index (χ0n) is 28.4. The molecule has 0 spiro atoms. The van der Waals surface area contributed by atoms with Crippen molar-refractivity contribution in [2.45, 2.75) is 69.1 Å². The molecule has 0 radical (unpaired) electrons. The fourth-order valence-electron chi connectivity index (χ4n) is 8.85. The zero-order valence-corrected chi connectivity index (χ0v) is 30.0. The first-order chi connectivity index (χ1) is 24.8. The van der Waals surface area contributed by atoms with Crippen LogP contribution in [0.4, 0.5) is 0 Å². The Balaban J connectivity index is 0.000000136. The van der Waals surface area contributed by atoms with Crippen LogP contribution in [0.3, 0.4) is 0 Å². The van der Waals surface area contributed by atoms with Crippen LogP contribution in [-0.2, 0) is 5.60 Å². The van der Waals surface area contributed by atoms with E-state index in [1.54, 1.807) is 26.2 Å². The predicted molar refractivity (Wildman–Crippen MR) is 199 cm³/mol. The van der Waals surface area contributed by atoms with Gasteiger partial charge in [0.1, 0.15) is 32.9 Å². The molecule has 9 nitrogen and oxygen atoms in total. The second-order valence-electron chi connectivity index (χ2n) is 15.1. The summed E-state index contributed by atoms with van der Waals surface area (Å²) in [5.41, 5.74) is 7.19. The van der Waals surface area contributed by atoms with E-state index in [1.807, 2.05) is 18.2 Å². The summed E-state index contributed by atoms with van der Waals surface area (Å²) in [6.45, 7) is 3.36. The number of hydrogen-bond acceptors (Lipinski definition) is 7. The summed E-state index contributed by atoms with van der Waals surface area (Å²) in [5, 5.41) is 10.1. The maximum absolute atomic E-state index is 10.1. The van der Waals surface area contributed by atoms with Gasteiger partial charge in [0.25, 0.3) is 0 Å². The number of hydrogen-bond donors (Lipinski definition) is 1. The molecular formula is C41H37BrN8O. The van der Waals surface area contributed by atoms with Crippen molar-refractivity contribution in [3.8, 4) is 11.3 Å². The Kier molecular flexibility index (Phi) is 7.05. The van der Waals surface area contributed by atoms with Gasteiger partial charge in [-0.2, -0.15) is 0 Å². The molecule has 2 aliphatic carbocycles. The van der Waals surface area contributed by atoms with E-state index in [4.69, 9.17) is 19.9 Å². The number of aromatic nitrogens is 8. The number of benzene rings is 2. The molecule has 13 rings (SSSR count). The Bertz CT molecular complexity index is 2410. The van der Waals surface area contributed by atoms with Gasteiger partial charge in [0, 0.05) is 29.8 Å². The van der Waals surface area contributed by atoms with E-state index in [1.165, 1.54) is 48.5 Å². The molecule has 7 aromatic rings. The smallest absolute Gasteiger partial charge is 0.161 e. The highest BCUT2D eigenvalue weighted by Crippen LogP contribution is 2.56. The Hall–Kier alpha value is -4.80. The fourth-order valence-corrected chi connectivity index (χ4v) is 9.15. The molecule has 2 fully saturated rings. The van der Waals surface area contributed by atoms with Gasteiger partial charge in [-0.1, -0.05) is 60.7 Å². The predicted octanol–water partition coefficient (Wildman–Crippen LogP) is 8.50. The Labute approximate surface area is 304 Å². The van der Waals surface area contributed by atoms with Gasteiger partial charge >= 0.3 is 0 Å². The molecule has 2 atom stereocenters. The Morgan fingerprint density at radius 3 is 1.63 bits per heavy atom. The fraction of sp³-hybridized carbons (Fsp3) is 0.317. The first-order valence-corrected chi connectivity index (χ1v) is 18.7. The minimum atomic E-state index is -1.07. The SMILES string of the molecule is Brc1ccc2nc3n(c2n1)C(c1ccccc1)C1CC3C1.CC(C)(O)c1ncc(-c2ccc3nc4n(c3n2)C(c2ccccc2)C2CC4C2)cn1. The molecule has 9 heterocycles. The van der Waals surface area contributed by atoms with Crippen LogP contribution in [0.25, 0.3) is 33.6 Å². The quantitative estimate of drug-likeness (QED) is 0.181. The molecule has 2 aromatic carbocycles. The molecule has 2 unspecified atom stereocenters. The molecule has 0 amide bonds. The Morgan fingerprint density at radius 2 is 1.12 bits per heavy atom. The second-order valence-corrected chi connectivity index (χ2v) is 15.9. The highest BCUT2D eigenvalue weighted by Gasteiger charge is 2.47. The molecule has 254 valence electrons. The Morgan fingerprint density at radius 1 is 0.627 bits per heavy atom. The maximum Gasteiger partial charge on any atom is 0.161 e. The lowest BCUT2D eigenvalue weighted by Crippen LogP contribution is -2.39. The number of rotatable bonds is 4. The van der Waals surface area contributed by atoms with Gasteiger partial charge in [0.2, 0.25) is 0 Å². The minimum absolute atomic E-state index is 0.285. The summed E-state index contributed by atoms with van der Waals surface area (Å²) in [7, 11) is 0. The molecule has 51 heavy (non-hydrogen) atoms. The average molecular weight is 738 g/mol. The molecule has 5 aromatic heterocycles. The molecule has 0 saturated heterocycles. The van der Waals surface area contributed by atoms with Crippen LogP contribution >= 0.6 is 15.9 Å². The van der Waals surface area contributed by atoms with Gasteiger partial charge in [-0.3, -0.25) is 0 Å². The summed E-state index contributed by atoms with van der Waals surface area (Å²) in [6, 6.07) is 30.3. The molecular weight excluding hydrogens is 700 g/mol. The van der Waals surface area contributed by atoms with Crippen LogP contribution in [0.1, 0.15) is 92.1 Å². The van der Waals surface area contributed by atoms with Crippen molar-refractivity contribution in [2.75, 3.05) is 0 Å². The van der Waals surface area contributed by atoms with Crippen LogP contribution in [0.2, 0.25) is 0 Å². The molecule has 1 N–H and O–H groups in total. The maximum atomic E-state index is 10.1. The molecule has 2 saturated carbocycles. The van der Waals surface area contributed by atoms with Gasteiger partial charge in [-0.15, -0.1) is 0 Å². The summed E-state index contributed by atoms with van der Waals surface area (Å²) >= 11 is 3.50. The van der Waals surface area contributed by atoms with Gasteiger partial charge in [-0.25, -0.2) is 29.9 Å². The third kappa shape index (κ3) is 5.05. The summed E-state index contributed by atoms with van der Waals surface area (Å²) in [6.07, 6.45) is 8.42. The van der Waals surface area contributed by atoms with Crippen molar-refractivity contribution in [3.63, 3.8) is 0 Å². The largest absolute Gasteiger partial charge is 0.382 e. The second kappa shape index (κ2) is 11.6. The molecule has 6 aliphatic rings. The van der Waals surface area contributed by atoms with Crippen molar-refractivity contribution in [1.82, 2.24) is 39.0 Å². The van der Waals surface area contributed by atoms with Crippen molar-refractivity contribution < 1.29 is 5.11 Å². The van der Waals surface area contributed by atoms with Gasteiger partial charge in [0.05, 0.1) is 17.8 Å². The number of aliphatic hydroxyl groups is 1. The highest BCUT2D eigenvalue weighted by molar-refractivity contribution is 9.10. The van der Waals surface area contributed by atoms with E-state index < -0.39 is 5.60 Å². The summed E-state index contributed by atoms with van der Waals surface area (Å²) in [4.78, 5) is 28.2.